The molecule has 2 N–H and O–H groups in total. The molecule has 0 fully saturated rings. The van der Waals surface area contributed by atoms with Crippen LogP contribution in [-0.4, -0.2) is 40.3 Å². The van der Waals surface area contributed by atoms with Crippen molar-refractivity contribution in [3.63, 3.8) is 0 Å². The van der Waals surface area contributed by atoms with E-state index in [0.29, 0.717) is 27.8 Å². The molecule has 0 unspecified atom stereocenters. The Bertz CT molecular complexity index is 1340. The zero-order valence-corrected chi connectivity index (χ0v) is 16.9. The fourth-order valence-electron chi connectivity index (χ4n) is 3.12. The van der Waals surface area contributed by atoms with Gasteiger partial charge in [0.05, 0.1) is 35.2 Å². The van der Waals surface area contributed by atoms with Crippen LogP contribution in [0.1, 0.15) is 29.0 Å². The van der Waals surface area contributed by atoms with Crippen molar-refractivity contribution in [3.05, 3.63) is 72.1 Å². The quantitative estimate of drug-likeness (QED) is 0.509. The highest BCUT2D eigenvalue weighted by atomic mass is 32.2. The number of aromatic amines is 1. The number of aromatic nitrogens is 4. The Morgan fingerprint density at radius 1 is 1.13 bits per heavy atom. The number of hydrogen-bond donors (Lipinski definition) is 2. The summed E-state index contributed by atoms with van der Waals surface area (Å²) in [6.45, 7) is 1.74. The molecule has 30 heavy (non-hydrogen) atoms. The smallest absolute Gasteiger partial charge is 0.254 e. The number of benzene rings is 1. The molecule has 0 aliphatic carbocycles. The van der Waals surface area contributed by atoms with Crippen LogP contribution in [0.4, 0.5) is 4.39 Å². The first-order chi connectivity index (χ1) is 14.2. The van der Waals surface area contributed by atoms with Gasteiger partial charge < -0.3 is 10.3 Å². The summed E-state index contributed by atoms with van der Waals surface area (Å²) in [5.74, 6) is -0.736. The average molecular weight is 427 g/mol. The molecule has 154 valence electrons. The standard InChI is InChI=1S/C20H18FN5O3S/c1-12(17-7-8-19(25-17)30(2,28)29)24-20(27)16-9-22-11-18-15(16)10-23-26(18)14-5-3-13(21)4-6-14/h3-12,25H,1-2H3,(H,24,27)/t12-/m0/s1. The third-order valence-corrected chi connectivity index (χ3v) is 5.75. The molecule has 0 aliphatic heterocycles. The van der Waals surface area contributed by atoms with Crippen molar-refractivity contribution in [2.45, 2.75) is 18.0 Å². The third kappa shape index (κ3) is 3.69. The number of sulfone groups is 1. The van der Waals surface area contributed by atoms with Crippen LogP contribution >= 0.6 is 0 Å². The third-order valence-electron chi connectivity index (χ3n) is 4.71. The predicted molar refractivity (Wildman–Crippen MR) is 109 cm³/mol. The summed E-state index contributed by atoms with van der Waals surface area (Å²) in [5, 5.41) is 7.81. The summed E-state index contributed by atoms with van der Waals surface area (Å²) < 4.78 is 38.1. The van der Waals surface area contributed by atoms with Crippen molar-refractivity contribution in [2.75, 3.05) is 6.26 Å². The van der Waals surface area contributed by atoms with Crippen LogP contribution < -0.4 is 5.32 Å². The van der Waals surface area contributed by atoms with Gasteiger partial charge in [-0.2, -0.15) is 5.10 Å². The van der Waals surface area contributed by atoms with Crippen molar-refractivity contribution in [3.8, 4) is 5.69 Å². The molecule has 1 aromatic carbocycles. The molecule has 3 aromatic heterocycles. The molecule has 0 spiro atoms. The summed E-state index contributed by atoms with van der Waals surface area (Å²) in [5.41, 5.74) is 2.12. The van der Waals surface area contributed by atoms with E-state index in [-0.39, 0.29) is 16.8 Å². The molecule has 10 heteroatoms. The molecule has 3 heterocycles. The van der Waals surface area contributed by atoms with Gasteiger partial charge in [-0.15, -0.1) is 0 Å². The van der Waals surface area contributed by atoms with Crippen molar-refractivity contribution < 1.29 is 17.6 Å². The lowest BCUT2D eigenvalue weighted by atomic mass is 10.1. The normalized spacial score (nSPS) is 12.8. The maximum absolute atomic E-state index is 13.2. The summed E-state index contributed by atoms with van der Waals surface area (Å²) in [7, 11) is -3.36. The van der Waals surface area contributed by atoms with Crippen LogP contribution in [0.5, 0.6) is 0 Å². The Morgan fingerprint density at radius 2 is 1.87 bits per heavy atom. The summed E-state index contributed by atoms with van der Waals surface area (Å²) in [4.78, 5) is 19.8. The van der Waals surface area contributed by atoms with Crippen LogP contribution in [0.3, 0.4) is 0 Å². The number of pyridine rings is 1. The van der Waals surface area contributed by atoms with Gasteiger partial charge in [-0.05, 0) is 43.3 Å². The molecule has 0 aliphatic rings. The van der Waals surface area contributed by atoms with E-state index in [0.717, 1.165) is 6.26 Å². The van der Waals surface area contributed by atoms with Crippen molar-refractivity contribution in [1.82, 2.24) is 25.1 Å². The van der Waals surface area contributed by atoms with Crippen molar-refractivity contribution in [2.24, 2.45) is 0 Å². The fraction of sp³-hybridized carbons (Fsp3) is 0.150. The molecule has 1 amide bonds. The van der Waals surface area contributed by atoms with Gasteiger partial charge in [0, 0.05) is 23.5 Å². The van der Waals surface area contributed by atoms with Crippen LogP contribution in [0.2, 0.25) is 0 Å². The number of nitrogens with one attached hydrogen (secondary N) is 2. The van der Waals surface area contributed by atoms with Gasteiger partial charge in [0.1, 0.15) is 10.8 Å². The van der Waals surface area contributed by atoms with Crippen molar-refractivity contribution >= 4 is 26.6 Å². The van der Waals surface area contributed by atoms with E-state index in [1.165, 1.54) is 24.4 Å². The Kier molecular flexibility index (Phi) is 4.86. The number of rotatable bonds is 5. The molecular formula is C20H18FN5O3S. The number of amides is 1. The highest BCUT2D eigenvalue weighted by molar-refractivity contribution is 7.90. The molecule has 4 rings (SSSR count). The van der Waals surface area contributed by atoms with E-state index in [1.54, 1.807) is 42.2 Å². The van der Waals surface area contributed by atoms with Crippen molar-refractivity contribution in [1.29, 1.82) is 0 Å². The Hall–Kier alpha value is -3.53. The molecule has 0 bridgehead atoms. The molecule has 1 atom stereocenters. The molecule has 0 saturated heterocycles. The number of carbonyl (C=O) groups is 1. The molecule has 4 aromatic rings. The predicted octanol–water partition coefficient (Wildman–Crippen LogP) is 2.78. The van der Waals surface area contributed by atoms with E-state index in [4.69, 9.17) is 0 Å². The minimum absolute atomic E-state index is 0.0861. The number of carbonyl (C=O) groups excluding carboxylic acids is 1. The van der Waals surface area contributed by atoms with Gasteiger partial charge in [0.25, 0.3) is 5.91 Å². The first-order valence-electron chi connectivity index (χ1n) is 9.01. The molecule has 8 nitrogen and oxygen atoms in total. The van der Waals surface area contributed by atoms with Gasteiger partial charge in [0.15, 0.2) is 9.84 Å². The zero-order valence-electron chi connectivity index (χ0n) is 16.1. The number of H-pyrrole nitrogens is 1. The lowest BCUT2D eigenvalue weighted by Gasteiger charge is -2.13. The first kappa shape index (κ1) is 19.8. The highest BCUT2D eigenvalue weighted by Gasteiger charge is 2.19. The van der Waals surface area contributed by atoms with Gasteiger partial charge >= 0.3 is 0 Å². The van der Waals surface area contributed by atoms with E-state index < -0.39 is 15.9 Å². The maximum atomic E-state index is 13.2. The lowest BCUT2D eigenvalue weighted by Crippen LogP contribution is -2.27. The Labute approximate surface area is 171 Å². The molecular weight excluding hydrogens is 409 g/mol. The second-order valence-corrected chi connectivity index (χ2v) is 8.88. The monoisotopic (exact) mass is 427 g/mol. The molecule has 0 radical (unpaired) electrons. The lowest BCUT2D eigenvalue weighted by molar-refractivity contribution is 0.0940. The van der Waals surface area contributed by atoms with Crippen LogP contribution in [0.25, 0.3) is 16.6 Å². The van der Waals surface area contributed by atoms with Crippen LogP contribution in [0.15, 0.2) is 60.0 Å². The zero-order chi connectivity index (χ0) is 21.5. The van der Waals surface area contributed by atoms with Gasteiger partial charge in [-0.1, -0.05) is 0 Å². The first-order valence-corrected chi connectivity index (χ1v) is 10.9. The Balaban J connectivity index is 1.62. The fourth-order valence-corrected chi connectivity index (χ4v) is 3.74. The minimum atomic E-state index is -3.36. The second kappa shape index (κ2) is 7.38. The van der Waals surface area contributed by atoms with Gasteiger partial charge in [-0.25, -0.2) is 17.5 Å². The number of hydrogen-bond acceptors (Lipinski definition) is 5. The van der Waals surface area contributed by atoms with Crippen LogP contribution in [0, 0.1) is 5.82 Å². The number of fused-ring (bicyclic) bond motifs is 1. The van der Waals surface area contributed by atoms with Crippen LogP contribution in [-0.2, 0) is 9.84 Å². The average Bonchev–Trinajstić information content (AvgIpc) is 3.36. The SMILES string of the molecule is C[C@H](NC(=O)c1cncc2c1cnn2-c1ccc(F)cc1)c1ccc(S(C)(=O)=O)[nH]1. The van der Waals surface area contributed by atoms with E-state index in [2.05, 4.69) is 20.4 Å². The minimum Gasteiger partial charge on any atom is -0.348 e. The Morgan fingerprint density at radius 3 is 2.53 bits per heavy atom. The summed E-state index contributed by atoms with van der Waals surface area (Å²) >= 11 is 0. The summed E-state index contributed by atoms with van der Waals surface area (Å²) in [6, 6.07) is 8.44. The highest BCUT2D eigenvalue weighted by Crippen LogP contribution is 2.22. The maximum Gasteiger partial charge on any atom is 0.254 e. The van der Waals surface area contributed by atoms with Gasteiger partial charge in [-0.3, -0.25) is 9.78 Å². The van der Waals surface area contributed by atoms with E-state index >= 15 is 0 Å². The summed E-state index contributed by atoms with van der Waals surface area (Å²) in [6.07, 6.45) is 5.68. The van der Waals surface area contributed by atoms with Gasteiger partial charge in [0.2, 0.25) is 0 Å². The van der Waals surface area contributed by atoms with E-state index in [1.807, 2.05) is 0 Å². The molecule has 0 saturated carbocycles. The largest absolute Gasteiger partial charge is 0.348 e. The topological polar surface area (TPSA) is 110 Å². The number of halogens is 1. The van der Waals surface area contributed by atoms with E-state index in [9.17, 15) is 17.6 Å². The number of nitrogens with zero attached hydrogens (tertiary/aromatic N) is 3. The second-order valence-electron chi connectivity index (χ2n) is 6.90.